The molecule has 43 heavy (non-hydrogen) atoms. The molecule has 0 saturated carbocycles. The van der Waals surface area contributed by atoms with Gasteiger partial charge in [0.25, 0.3) is 5.91 Å². The van der Waals surface area contributed by atoms with Crippen LogP contribution in [0.1, 0.15) is 10.5 Å². The molecule has 1 atom stereocenters. The molecule has 0 spiro atoms. The summed E-state index contributed by atoms with van der Waals surface area (Å²) in [5.41, 5.74) is -0.0418. The van der Waals surface area contributed by atoms with E-state index in [1.165, 1.54) is 28.4 Å². The molecule has 3 aromatic rings. The summed E-state index contributed by atoms with van der Waals surface area (Å²) in [5.74, 6) is -5.18. The van der Waals surface area contributed by atoms with Crippen molar-refractivity contribution in [1.29, 1.82) is 0 Å². The van der Waals surface area contributed by atoms with Crippen molar-refractivity contribution in [3.8, 4) is 0 Å². The van der Waals surface area contributed by atoms with Crippen LogP contribution < -0.4 is 20.4 Å². The molecule has 2 N–H and O–H groups in total. The predicted octanol–water partition coefficient (Wildman–Crippen LogP) is 1.09. The van der Waals surface area contributed by atoms with Crippen LogP contribution in [0.3, 0.4) is 0 Å². The Labute approximate surface area is 239 Å². The van der Waals surface area contributed by atoms with Gasteiger partial charge in [-0.25, -0.2) is 18.6 Å². The number of halogens is 5. The Balaban J connectivity index is 1.14. The number of nitrogens with one attached hydrogen (secondary N) is 2. The fourth-order valence-corrected chi connectivity index (χ4v) is 4.65. The molecule has 1 aromatic carbocycles. The van der Waals surface area contributed by atoms with Crippen LogP contribution in [0, 0.1) is 11.6 Å². The Hall–Kier alpha value is -5.03. The van der Waals surface area contributed by atoms with E-state index in [-0.39, 0.29) is 56.3 Å². The molecule has 2 aliphatic heterocycles. The van der Waals surface area contributed by atoms with E-state index in [4.69, 9.17) is 4.74 Å². The number of alkyl halides is 3. The van der Waals surface area contributed by atoms with Gasteiger partial charge >= 0.3 is 18.2 Å². The molecule has 2 saturated heterocycles. The van der Waals surface area contributed by atoms with Gasteiger partial charge in [-0.3, -0.25) is 24.3 Å². The SMILES string of the molecule is O=C(NCC(=O)N1CCN(c2c(F)cc(N3C[C@H](CNC(=O)C(F)(F)F)OC3=O)cc2F)CC1)c1cn2ccncc2n1. The van der Waals surface area contributed by atoms with E-state index < -0.39 is 54.3 Å². The molecule has 0 bridgehead atoms. The number of aromatic nitrogens is 3. The van der Waals surface area contributed by atoms with Crippen molar-refractivity contribution in [3.05, 3.63) is 54.2 Å². The third-order valence-electron chi connectivity index (χ3n) is 6.78. The van der Waals surface area contributed by atoms with E-state index in [2.05, 4.69) is 15.3 Å². The van der Waals surface area contributed by atoms with Crippen LogP contribution in [0.4, 0.5) is 38.1 Å². The molecule has 13 nitrogen and oxygen atoms in total. The van der Waals surface area contributed by atoms with Crippen molar-refractivity contribution in [3.63, 3.8) is 0 Å². The fourth-order valence-electron chi connectivity index (χ4n) is 4.65. The van der Waals surface area contributed by atoms with Crippen LogP contribution in [0.2, 0.25) is 0 Å². The minimum absolute atomic E-state index is 0.0685. The first-order valence-corrected chi connectivity index (χ1v) is 12.8. The first kappa shape index (κ1) is 29.5. The van der Waals surface area contributed by atoms with Crippen LogP contribution in [-0.2, 0) is 14.3 Å². The number of amides is 4. The number of imidazole rings is 1. The number of hydrogen-bond donors (Lipinski definition) is 2. The van der Waals surface area contributed by atoms with Crippen molar-refractivity contribution in [2.45, 2.75) is 12.3 Å². The van der Waals surface area contributed by atoms with Crippen LogP contribution in [0.15, 0.2) is 36.9 Å². The number of carbonyl (C=O) groups is 4. The average Bonchev–Trinajstić information content (AvgIpc) is 3.57. The minimum Gasteiger partial charge on any atom is -0.442 e. The smallest absolute Gasteiger partial charge is 0.442 e. The maximum Gasteiger partial charge on any atom is 0.471 e. The van der Waals surface area contributed by atoms with E-state index in [1.807, 2.05) is 0 Å². The zero-order valence-electron chi connectivity index (χ0n) is 22.1. The van der Waals surface area contributed by atoms with E-state index in [0.29, 0.717) is 5.65 Å². The molecule has 5 rings (SSSR count). The monoisotopic (exact) mass is 610 g/mol. The first-order chi connectivity index (χ1) is 20.4. The number of carbonyl (C=O) groups excluding carboxylic acids is 4. The lowest BCUT2D eigenvalue weighted by molar-refractivity contribution is -0.173. The highest BCUT2D eigenvalue weighted by molar-refractivity contribution is 5.95. The van der Waals surface area contributed by atoms with Crippen LogP contribution >= 0.6 is 0 Å². The molecule has 228 valence electrons. The van der Waals surface area contributed by atoms with Gasteiger partial charge < -0.3 is 29.6 Å². The lowest BCUT2D eigenvalue weighted by atomic mass is 10.2. The first-order valence-electron chi connectivity index (χ1n) is 12.8. The topological polar surface area (TPSA) is 141 Å². The van der Waals surface area contributed by atoms with Crippen molar-refractivity contribution in [2.24, 2.45) is 0 Å². The summed E-state index contributed by atoms with van der Waals surface area (Å²) >= 11 is 0. The number of rotatable bonds is 7. The fraction of sp³-hybridized carbons (Fsp3) is 0.360. The van der Waals surface area contributed by atoms with E-state index in [9.17, 15) is 32.3 Å². The quantitative estimate of drug-likeness (QED) is 0.379. The molecular formula is C25H23F5N8O5. The number of anilines is 2. The zero-order chi connectivity index (χ0) is 30.9. The molecule has 0 unspecified atom stereocenters. The maximum atomic E-state index is 15.1. The molecule has 4 heterocycles. The number of cyclic esters (lactones) is 1. The van der Waals surface area contributed by atoms with Crippen molar-refractivity contribution < 1.29 is 45.9 Å². The Morgan fingerprint density at radius 3 is 2.40 bits per heavy atom. The maximum absolute atomic E-state index is 15.1. The van der Waals surface area contributed by atoms with Crippen molar-refractivity contribution in [2.75, 3.05) is 55.6 Å². The highest BCUT2D eigenvalue weighted by Gasteiger charge is 2.40. The number of ether oxygens (including phenoxy) is 1. The van der Waals surface area contributed by atoms with E-state index >= 15 is 8.78 Å². The number of fused-ring (bicyclic) bond motifs is 1. The van der Waals surface area contributed by atoms with Gasteiger partial charge in [0.05, 0.1) is 31.5 Å². The highest BCUT2D eigenvalue weighted by Crippen LogP contribution is 2.31. The molecule has 2 aromatic heterocycles. The summed E-state index contributed by atoms with van der Waals surface area (Å²) in [5, 5.41) is 4.10. The highest BCUT2D eigenvalue weighted by atomic mass is 19.4. The summed E-state index contributed by atoms with van der Waals surface area (Å²) < 4.78 is 73.8. The van der Waals surface area contributed by atoms with Crippen molar-refractivity contribution in [1.82, 2.24) is 29.9 Å². The number of hydrogen-bond acceptors (Lipinski definition) is 8. The van der Waals surface area contributed by atoms with Gasteiger partial charge in [0.1, 0.15) is 17.5 Å². The predicted molar refractivity (Wildman–Crippen MR) is 137 cm³/mol. The molecule has 0 radical (unpaired) electrons. The number of nitrogens with zero attached hydrogens (tertiary/aromatic N) is 6. The molecule has 18 heteroatoms. The van der Waals surface area contributed by atoms with E-state index in [0.717, 1.165) is 17.0 Å². The second kappa shape index (κ2) is 11.7. The van der Waals surface area contributed by atoms with Gasteiger partial charge in [0, 0.05) is 56.9 Å². The molecule has 0 aliphatic carbocycles. The van der Waals surface area contributed by atoms with Gasteiger partial charge in [-0.1, -0.05) is 0 Å². The summed E-state index contributed by atoms with van der Waals surface area (Å²) in [6.07, 6.45) is -1.22. The largest absolute Gasteiger partial charge is 0.471 e. The molecule has 4 amide bonds. The normalized spacial score (nSPS) is 17.3. The lowest BCUT2D eigenvalue weighted by Crippen LogP contribution is -2.51. The molecule has 2 fully saturated rings. The third-order valence-corrected chi connectivity index (χ3v) is 6.78. The second-order valence-electron chi connectivity index (χ2n) is 9.60. The van der Waals surface area contributed by atoms with Crippen LogP contribution in [0.5, 0.6) is 0 Å². The summed E-state index contributed by atoms with van der Waals surface area (Å²) in [6.45, 7) is -0.943. The second-order valence-corrected chi connectivity index (χ2v) is 9.60. The van der Waals surface area contributed by atoms with Crippen molar-refractivity contribution >= 4 is 40.8 Å². The summed E-state index contributed by atoms with van der Waals surface area (Å²) in [4.78, 5) is 60.0. The van der Waals surface area contributed by atoms with Gasteiger partial charge in [-0.15, -0.1) is 0 Å². The minimum atomic E-state index is -5.12. The number of benzene rings is 1. The summed E-state index contributed by atoms with van der Waals surface area (Å²) in [6, 6.07) is 1.78. The van der Waals surface area contributed by atoms with Gasteiger partial charge in [-0.05, 0) is 0 Å². The van der Waals surface area contributed by atoms with Crippen LogP contribution in [-0.4, -0.2) is 101 Å². The molecule has 2 aliphatic rings. The number of piperazine rings is 1. The van der Waals surface area contributed by atoms with Gasteiger partial charge in [0.15, 0.2) is 17.3 Å². The standard InChI is InChI=1S/C25H23F5N8O5/c26-16-7-14(38-12-15(43-24(38)42)9-33-23(41)25(28,29)30)8-17(27)21(16)36-5-3-35(4-6-36)20(39)11-32-22(40)18-13-37-2-1-31-10-19(37)34-18/h1-2,7-8,10,13,15H,3-6,9,11-12H2,(H,32,40)(H,33,41)/t15-/m0/s1. The Bertz CT molecular complexity index is 1520. The van der Waals surface area contributed by atoms with E-state index in [1.54, 1.807) is 15.9 Å². The Morgan fingerprint density at radius 1 is 1.05 bits per heavy atom. The average molecular weight is 611 g/mol. The van der Waals surface area contributed by atoms with Gasteiger partial charge in [-0.2, -0.15) is 13.2 Å². The van der Waals surface area contributed by atoms with Gasteiger partial charge in [0.2, 0.25) is 5.91 Å². The molecular weight excluding hydrogens is 587 g/mol. The Morgan fingerprint density at radius 2 is 1.74 bits per heavy atom. The zero-order valence-corrected chi connectivity index (χ0v) is 22.1. The Kier molecular flexibility index (Phi) is 8.01. The summed E-state index contributed by atoms with van der Waals surface area (Å²) in [7, 11) is 0. The third kappa shape index (κ3) is 6.41. The lowest BCUT2D eigenvalue weighted by Gasteiger charge is -2.36. The van der Waals surface area contributed by atoms with Crippen LogP contribution in [0.25, 0.3) is 5.65 Å².